The Morgan fingerprint density at radius 2 is 2.11 bits per heavy atom. The fourth-order valence-corrected chi connectivity index (χ4v) is 2.04. The molecule has 1 aliphatic heterocycles. The van der Waals surface area contributed by atoms with Gasteiger partial charge in [0, 0.05) is 36.8 Å². The van der Waals surface area contributed by atoms with E-state index in [0.29, 0.717) is 25.1 Å². The lowest BCUT2D eigenvalue weighted by Crippen LogP contribution is -2.28. The molecule has 2 amide bonds. The van der Waals surface area contributed by atoms with E-state index in [1.165, 1.54) is 0 Å². The number of nitrogens with zero attached hydrogens (tertiary/aromatic N) is 1. The SMILES string of the molecule is CCNC(=O)c1ccc(N2CC(N)CC2=O)cc1. The monoisotopic (exact) mass is 247 g/mol. The largest absolute Gasteiger partial charge is 0.352 e. The molecule has 1 unspecified atom stereocenters. The fourth-order valence-electron chi connectivity index (χ4n) is 2.04. The third kappa shape index (κ3) is 2.51. The Morgan fingerprint density at radius 1 is 1.44 bits per heavy atom. The van der Waals surface area contributed by atoms with Crippen LogP contribution in [0, 0.1) is 0 Å². The van der Waals surface area contributed by atoms with Crippen molar-refractivity contribution < 1.29 is 9.59 Å². The Kier molecular flexibility index (Phi) is 3.62. The lowest BCUT2D eigenvalue weighted by Gasteiger charge is -2.16. The molecule has 5 nitrogen and oxygen atoms in total. The third-order valence-corrected chi connectivity index (χ3v) is 2.93. The van der Waals surface area contributed by atoms with Crippen LogP contribution in [0.5, 0.6) is 0 Å². The molecular formula is C13H17N3O2. The van der Waals surface area contributed by atoms with Gasteiger partial charge in [-0.25, -0.2) is 0 Å². The van der Waals surface area contributed by atoms with Crippen LogP contribution in [0.4, 0.5) is 5.69 Å². The second kappa shape index (κ2) is 5.18. The van der Waals surface area contributed by atoms with Crippen LogP contribution >= 0.6 is 0 Å². The molecule has 0 bridgehead atoms. The average Bonchev–Trinajstić information content (AvgIpc) is 2.69. The van der Waals surface area contributed by atoms with E-state index in [1.54, 1.807) is 29.2 Å². The minimum atomic E-state index is -0.103. The topological polar surface area (TPSA) is 75.4 Å². The van der Waals surface area contributed by atoms with Crippen molar-refractivity contribution >= 4 is 17.5 Å². The molecule has 1 aromatic carbocycles. The van der Waals surface area contributed by atoms with Crippen LogP contribution < -0.4 is 16.0 Å². The average molecular weight is 247 g/mol. The fraction of sp³-hybridized carbons (Fsp3) is 0.385. The summed E-state index contributed by atoms with van der Waals surface area (Å²) in [4.78, 5) is 24.9. The highest BCUT2D eigenvalue weighted by Gasteiger charge is 2.27. The maximum atomic E-state index is 11.7. The van der Waals surface area contributed by atoms with Crippen LogP contribution in [0.25, 0.3) is 0 Å². The molecule has 0 saturated carbocycles. The van der Waals surface area contributed by atoms with Gasteiger partial charge in [-0.3, -0.25) is 9.59 Å². The number of hydrogen-bond donors (Lipinski definition) is 2. The normalized spacial score (nSPS) is 19.1. The van der Waals surface area contributed by atoms with Crippen molar-refractivity contribution in [2.45, 2.75) is 19.4 Å². The van der Waals surface area contributed by atoms with Crippen molar-refractivity contribution in [1.29, 1.82) is 0 Å². The zero-order valence-electron chi connectivity index (χ0n) is 10.3. The summed E-state index contributed by atoms with van der Waals surface area (Å²) in [5.74, 6) is -0.0678. The molecule has 96 valence electrons. The number of anilines is 1. The summed E-state index contributed by atoms with van der Waals surface area (Å²) in [5.41, 5.74) is 7.13. The molecule has 0 radical (unpaired) electrons. The van der Waals surface area contributed by atoms with Gasteiger partial charge in [-0.15, -0.1) is 0 Å². The molecule has 0 aliphatic carbocycles. The maximum absolute atomic E-state index is 11.7. The van der Waals surface area contributed by atoms with E-state index in [-0.39, 0.29) is 17.9 Å². The number of benzene rings is 1. The Hall–Kier alpha value is -1.88. The molecule has 0 aromatic heterocycles. The highest BCUT2D eigenvalue weighted by molar-refractivity contribution is 5.98. The lowest BCUT2D eigenvalue weighted by molar-refractivity contribution is -0.117. The lowest BCUT2D eigenvalue weighted by atomic mass is 10.2. The highest BCUT2D eigenvalue weighted by atomic mass is 16.2. The third-order valence-electron chi connectivity index (χ3n) is 2.93. The standard InChI is InChI=1S/C13H17N3O2/c1-2-15-13(18)9-3-5-11(6-4-9)16-8-10(14)7-12(16)17/h3-6,10H,2,7-8,14H2,1H3,(H,15,18). The summed E-state index contributed by atoms with van der Waals surface area (Å²) in [5, 5.41) is 2.73. The summed E-state index contributed by atoms with van der Waals surface area (Å²) in [6, 6.07) is 6.90. The van der Waals surface area contributed by atoms with Gasteiger partial charge in [-0.2, -0.15) is 0 Å². The van der Waals surface area contributed by atoms with Crippen molar-refractivity contribution in [3.63, 3.8) is 0 Å². The Labute approximate surface area is 106 Å². The van der Waals surface area contributed by atoms with E-state index in [1.807, 2.05) is 6.92 Å². The number of rotatable bonds is 3. The van der Waals surface area contributed by atoms with Crippen LogP contribution in [-0.4, -0.2) is 30.9 Å². The molecule has 2 rings (SSSR count). The minimum absolute atomic E-state index is 0.0354. The molecule has 18 heavy (non-hydrogen) atoms. The van der Waals surface area contributed by atoms with Crippen molar-refractivity contribution in [2.24, 2.45) is 5.73 Å². The maximum Gasteiger partial charge on any atom is 0.251 e. The van der Waals surface area contributed by atoms with Crippen LogP contribution in [0.2, 0.25) is 0 Å². The second-order valence-corrected chi connectivity index (χ2v) is 4.37. The molecular weight excluding hydrogens is 230 g/mol. The number of nitrogens with one attached hydrogen (secondary N) is 1. The van der Waals surface area contributed by atoms with Gasteiger partial charge >= 0.3 is 0 Å². The van der Waals surface area contributed by atoms with Gasteiger partial charge in [0.2, 0.25) is 5.91 Å². The molecule has 1 heterocycles. The molecule has 3 N–H and O–H groups in total. The van der Waals surface area contributed by atoms with E-state index in [2.05, 4.69) is 5.32 Å². The predicted octanol–water partition coefficient (Wildman–Crippen LogP) is 0.500. The van der Waals surface area contributed by atoms with E-state index in [0.717, 1.165) is 5.69 Å². The zero-order chi connectivity index (χ0) is 13.1. The summed E-state index contributed by atoms with van der Waals surface area (Å²) in [6.07, 6.45) is 0.387. The summed E-state index contributed by atoms with van der Waals surface area (Å²) in [6.45, 7) is 3.01. The first-order chi connectivity index (χ1) is 8.61. The summed E-state index contributed by atoms with van der Waals surface area (Å²) < 4.78 is 0. The van der Waals surface area contributed by atoms with Gasteiger partial charge in [0.05, 0.1) is 0 Å². The van der Waals surface area contributed by atoms with Crippen molar-refractivity contribution in [3.8, 4) is 0 Å². The van der Waals surface area contributed by atoms with Gasteiger partial charge in [-0.1, -0.05) is 0 Å². The van der Waals surface area contributed by atoms with Gasteiger partial charge in [-0.05, 0) is 31.2 Å². The highest BCUT2D eigenvalue weighted by Crippen LogP contribution is 2.21. The van der Waals surface area contributed by atoms with E-state index in [9.17, 15) is 9.59 Å². The molecule has 0 spiro atoms. The minimum Gasteiger partial charge on any atom is -0.352 e. The number of amides is 2. The van der Waals surface area contributed by atoms with Crippen LogP contribution in [0.15, 0.2) is 24.3 Å². The Balaban J connectivity index is 2.13. The molecule has 5 heteroatoms. The molecule has 1 aromatic rings. The quantitative estimate of drug-likeness (QED) is 0.816. The predicted molar refractivity (Wildman–Crippen MR) is 69.4 cm³/mol. The van der Waals surface area contributed by atoms with E-state index < -0.39 is 0 Å². The van der Waals surface area contributed by atoms with E-state index >= 15 is 0 Å². The van der Waals surface area contributed by atoms with Gasteiger partial charge in [0.25, 0.3) is 5.91 Å². The number of hydrogen-bond acceptors (Lipinski definition) is 3. The van der Waals surface area contributed by atoms with Gasteiger partial charge in [0.1, 0.15) is 0 Å². The smallest absolute Gasteiger partial charge is 0.251 e. The molecule has 1 aliphatic rings. The van der Waals surface area contributed by atoms with Crippen LogP contribution in [-0.2, 0) is 4.79 Å². The van der Waals surface area contributed by atoms with Crippen LogP contribution in [0.3, 0.4) is 0 Å². The summed E-state index contributed by atoms with van der Waals surface area (Å²) >= 11 is 0. The van der Waals surface area contributed by atoms with Crippen molar-refractivity contribution in [3.05, 3.63) is 29.8 Å². The van der Waals surface area contributed by atoms with Crippen molar-refractivity contribution in [2.75, 3.05) is 18.0 Å². The van der Waals surface area contributed by atoms with Crippen LogP contribution in [0.1, 0.15) is 23.7 Å². The number of carbonyl (C=O) groups is 2. The first kappa shape index (κ1) is 12.6. The Morgan fingerprint density at radius 3 is 2.61 bits per heavy atom. The number of carbonyl (C=O) groups excluding carboxylic acids is 2. The number of nitrogens with two attached hydrogens (primary N) is 1. The second-order valence-electron chi connectivity index (χ2n) is 4.37. The molecule has 1 atom stereocenters. The zero-order valence-corrected chi connectivity index (χ0v) is 10.3. The first-order valence-electron chi connectivity index (χ1n) is 6.06. The van der Waals surface area contributed by atoms with Gasteiger partial charge in [0.15, 0.2) is 0 Å². The van der Waals surface area contributed by atoms with Gasteiger partial charge < -0.3 is 16.0 Å². The molecule has 1 saturated heterocycles. The first-order valence-corrected chi connectivity index (χ1v) is 6.06. The molecule has 1 fully saturated rings. The van der Waals surface area contributed by atoms with E-state index in [4.69, 9.17) is 5.73 Å². The Bertz CT molecular complexity index is 456. The van der Waals surface area contributed by atoms with Crippen molar-refractivity contribution in [1.82, 2.24) is 5.32 Å². The summed E-state index contributed by atoms with van der Waals surface area (Å²) in [7, 11) is 0.